The van der Waals surface area contributed by atoms with E-state index in [1.54, 1.807) is 0 Å². The van der Waals surface area contributed by atoms with Crippen LogP contribution >= 0.6 is 0 Å². The van der Waals surface area contributed by atoms with Gasteiger partial charge in [0.05, 0.1) is 11.5 Å². The van der Waals surface area contributed by atoms with Crippen LogP contribution in [0.15, 0.2) is 12.2 Å². The Bertz CT molecular complexity index is 194. The van der Waals surface area contributed by atoms with Crippen LogP contribution in [0.4, 0.5) is 0 Å². The summed E-state index contributed by atoms with van der Waals surface area (Å²) in [6.45, 7) is 18.1. The van der Waals surface area contributed by atoms with Gasteiger partial charge < -0.3 is 0 Å². The van der Waals surface area contributed by atoms with Gasteiger partial charge in [0, 0.05) is 0 Å². The van der Waals surface area contributed by atoms with Gasteiger partial charge in [0.1, 0.15) is 0 Å². The monoisotopic (exact) mass is 239 g/mol. The second-order valence-corrected chi connectivity index (χ2v) is 4.81. The van der Waals surface area contributed by atoms with E-state index >= 15 is 0 Å². The molecule has 1 heteroatoms. The van der Waals surface area contributed by atoms with E-state index in [0.717, 1.165) is 18.4 Å². The Kier molecular flexibility index (Phi) is 19.3. The highest BCUT2D eigenvalue weighted by molar-refractivity contribution is 4.96. The van der Waals surface area contributed by atoms with E-state index in [1.807, 2.05) is 34.6 Å². The molecule has 0 bridgehead atoms. The van der Waals surface area contributed by atoms with E-state index < -0.39 is 0 Å². The Morgan fingerprint density at radius 2 is 1.59 bits per heavy atom. The molecule has 0 saturated heterocycles. The van der Waals surface area contributed by atoms with E-state index in [1.165, 1.54) is 19.3 Å². The molecular weight excluding hydrogens is 206 g/mol. The lowest BCUT2D eigenvalue weighted by Crippen LogP contribution is -2.06. The number of nitrogens with zero attached hydrogens (tertiary/aromatic N) is 1. The van der Waals surface area contributed by atoms with Gasteiger partial charge in [-0.15, -0.1) is 6.58 Å². The third kappa shape index (κ3) is 25.5. The molecule has 0 unspecified atom stereocenters. The van der Waals surface area contributed by atoms with Crippen LogP contribution in [-0.4, -0.2) is 0 Å². The number of rotatable bonds is 5. The Balaban J connectivity index is -0.000000236. The summed E-state index contributed by atoms with van der Waals surface area (Å²) in [5.41, 5.74) is 0.974. The van der Waals surface area contributed by atoms with E-state index in [2.05, 4.69) is 26.5 Å². The smallest absolute Gasteiger partial charge is 0.0684 e. The van der Waals surface area contributed by atoms with Crippen molar-refractivity contribution in [2.45, 2.75) is 80.6 Å². The van der Waals surface area contributed by atoms with Crippen LogP contribution in [0.2, 0.25) is 0 Å². The fourth-order valence-corrected chi connectivity index (χ4v) is 0.935. The van der Waals surface area contributed by atoms with Crippen molar-refractivity contribution in [1.82, 2.24) is 0 Å². The zero-order chi connectivity index (χ0) is 14.3. The van der Waals surface area contributed by atoms with Crippen molar-refractivity contribution in [2.24, 2.45) is 5.41 Å². The lowest BCUT2D eigenvalue weighted by molar-refractivity contribution is 0.452. The first-order chi connectivity index (χ1) is 7.89. The topological polar surface area (TPSA) is 23.8 Å². The van der Waals surface area contributed by atoms with Crippen molar-refractivity contribution in [3.63, 3.8) is 0 Å². The van der Waals surface area contributed by atoms with E-state index in [4.69, 9.17) is 5.26 Å². The van der Waals surface area contributed by atoms with Gasteiger partial charge in [-0.3, -0.25) is 0 Å². The number of hydrogen-bond acceptors (Lipinski definition) is 1. The van der Waals surface area contributed by atoms with Crippen LogP contribution in [-0.2, 0) is 0 Å². The Hall–Kier alpha value is -0.770. The minimum atomic E-state index is -0.182. The maximum absolute atomic E-state index is 8.63. The van der Waals surface area contributed by atoms with E-state index in [0.29, 0.717) is 0 Å². The third-order valence-corrected chi connectivity index (χ3v) is 2.19. The van der Waals surface area contributed by atoms with E-state index in [-0.39, 0.29) is 5.41 Å². The Labute approximate surface area is 110 Å². The average Bonchev–Trinajstić information content (AvgIpc) is 2.31. The molecule has 0 radical (unpaired) electrons. The zero-order valence-corrected chi connectivity index (χ0v) is 13.2. The molecule has 0 aromatic carbocycles. The minimum absolute atomic E-state index is 0.182. The summed E-state index contributed by atoms with van der Waals surface area (Å²) in [5, 5.41) is 8.63. The Morgan fingerprint density at radius 1 is 1.18 bits per heavy atom. The summed E-state index contributed by atoms with van der Waals surface area (Å²) in [6.07, 6.45) is 5.95. The first-order valence-electron chi connectivity index (χ1n) is 6.95. The quantitative estimate of drug-likeness (QED) is 0.530. The Morgan fingerprint density at radius 3 is 1.76 bits per heavy atom. The van der Waals surface area contributed by atoms with Gasteiger partial charge in [-0.1, -0.05) is 52.5 Å². The summed E-state index contributed by atoms with van der Waals surface area (Å²) in [4.78, 5) is 0. The standard InChI is InChI=1S/C9H15N.C5H12.C2H6/c1-8(2)5-6-9(3,4)7-10;1-3-5-4-2;1-2/h1,5-6H2,2-4H3;3-5H2,1-2H3;1-2H3. The number of hydrogen-bond donors (Lipinski definition) is 0. The van der Waals surface area contributed by atoms with Crippen LogP contribution in [0.1, 0.15) is 80.6 Å². The van der Waals surface area contributed by atoms with Crippen molar-refractivity contribution < 1.29 is 0 Å². The maximum atomic E-state index is 8.63. The largest absolute Gasteiger partial charge is 0.198 e. The molecule has 0 atom stereocenters. The number of allylic oxidation sites excluding steroid dienone is 1. The van der Waals surface area contributed by atoms with Gasteiger partial charge in [-0.05, 0) is 33.6 Å². The van der Waals surface area contributed by atoms with Gasteiger partial charge in [-0.2, -0.15) is 5.26 Å². The summed E-state index contributed by atoms with van der Waals surface area (Å²) in [7, 11) is 0. The molecule has 0 aromatic heterocycles. The molecule has 0 aliphatic rings. The normalized spacial score (nSPS) is 9.06. The molecule has 0 amide bonds. The van der Waals surface area contributed by atoms with Crippen molar-refractivity contribution in [3.8, 4) is 6.07 Å². The summed E-state index contributed by atoms with van der Waals surface area (Å²) >= 11 is 0. The fourth-order valence-electron chi connectivity index (χ4n) is 0.935. The second kappa shape index (κ2) is 15.2. The molecule has 0 heterocycles. The van der Waals surface area contributed by atoms with Crippen LogP contribution in [0.25, 0.3) is 0 Å². The summed E-state index contributed by atoms with van der Waals surface area (Å²) < 4.78 is 0. The summed E-state index contributed by atoms with van der Waals surface area (Å²) in [6, 6.07) is 2.26. The predicted molar refractivity (Wildman–Crippen MR) is 80.0 cm³/mol. The van der Waals surface area contributed by atoms with Crippen molar-refractivity contribution >= 4 is 0 Å². The van der Waals surface area contributed by atoms with Gasteiger partial charge in [-0.25, -0.2) is 0 Å². The molecule has 0 aliphatic heterocycles. The van der Waals surface area contributed by atoms with E-state index in [9.17, 15) is 0 Å². The molecule has 0 N–H and O–H groups in total. The van der Waals surface area contributed by atoms with Crippen molar-refractivity contribution in [3.05, 3.63) is 12.2 Å². The average molecular weight is 239 g/mol. The lowest BCUT2D eigenvalue weighted by atomic mass is 9.88. The van der Waals surface area contributed by atoms with Crippen LogP contribution < -0.4 is 0 Å². The molecule has 1 nitrogen and oxygen atoms in total. The van der Waals surface area contributed by atoms with Gasteiger partial charge in [0.15, 0.2) is 0 Å². The molecule has 0 aliphatic carbocycles. The number of nitriles is 1. The summed E-state index contributed by atoms with van der Waals surface area (Å²) in [5.74, 6) is 0. The molecular formula is C16H33N. The predicted octanol–water partition coefficient (Wildman–Crippen LogP) is 6.12. The zero-order valence-electron chi connectivity index (χ0n) is 13.2. The molecule has 102 valence electrons. The first kappa shape index (κ1) is 21.5. The van der Waals surface area contributed by atoms with Gasteiger partial charge in [0.2, 0.25) is 0 Å². The second-order valence-electron chi connectivity index (χ2n) is 4.81. The van der Waals surface area contributed by atoms with Crippen LogP contribution in [0.5, 0.6) is 0 Å². The molecule has 0 rings (SSSR count). The minimum Gasteiger partial charge on any atom is -0.198 e. The molecule has 17 heavy (non-hydrogen) atoms. The van der Waals surface area contributed by atoms with Crippen molar-refractivity contribution in [2.75, 3.05) is 0 Å². The lowest BCUT2D eigenvalue weighted by Gasteiger charge is -2.13. The molecule has 0 fully saturated rings. The highest BCUT2D eigenvalue weighted by Crippen LogP contribution is 2.22. The molecule has 0 spiro atoms. The van der Waals surface area contributed by atoms with Crippen LogP contribution in [0, 0.1) is 16.7 Å². The molecule has 0 saturated carbocycles. The van der Waals surface area contributed by atoms with Gasteiger partial charge >= 0.3 is 0 Å². The van der Waals surface area contributed by atoms with Crippen molar-refractivity contribution in [1.29, 1.82) is 5.26 Å². The number of unbranched alkanes of at least 4 members (excludes halogenated alkanes) is 2. The van der Waals surface area contributed by atoms with Gasteiger partial charge in [0.25, 0.3) is 0 Å². The first-order valence-corrected chi connectivity index (χ1v) is 6.95. The SMILES string of the molecule is C=C(C)CCC(C)(C)C#N.CC.CCCCC. The maximum Gasteiger partial charge on any atom is 0.0684 e. The van der Waals surface area contributed by atoms with Crippen LogP contribution in [0.3, 0.4) is 0 Å². The highest BCUT2D eigenvalue weighted by atomic mass is 14.3. The highest BCUT2D eigenvalue weighted by Gasteiger charge is 2.15. The third-order valence-electron chi connectivity index (χ3n) is 2.19. The fraction of sp³-hybridized carbons (Fsp3) is 0.812. The molecule has 0 aromatic rings.